The number of H-pyrrole nitrogens is 1. The zero-order valence-electron chi connectivity index (χ0n) is 12.0. The van der Waals surface area contributed by atoms with Crippen LogP contribution in [-0.2, 0) is 0 Å². The van der Waals surface area contributed by atoms with Gasteiger partial charge in [-0.3, -0.25) is 5.10 Å². The van der Waals surface area contributed by atoms with Crippen molar-refractivity contribution in [3.8, 4) is 0 Å². The van der Waals surface area contributed by atoms with Crippen LogP contribution in [0.1, 0.15) is 51.1 Å². The van der Waals surface area contributed by atoms with Gasteiger partial charge in [-0.2, -0.15) is 5.10 Å². The summed E-state index contributed by atoms with van der Waals surface area (Å²) in [5.41, 5.74) is 1.18. The van der Waals surface area contributed by atoms with Gasteiger partial charge in [0.1, 0.15) is 11.0 Å². The lowest BCUT2D eigenvalue weighted by molar-refractivity contribution is 0.947. The molecule has 20 heavy (non-hydrogen) atoms. The molecule has 1 heterocycles. The first-order valence-corrected chi connectivity index (χ1v) is 7.50. The summed E-state index contributed by atoms with van der Waals surface area (Å²) in [6, 6.07) is 2.01. The van der Waals surface area contributed by atoms with Gasteiger partial charge in [0.25, 0.3) is 0 Å². The van der Waals surface area contributed by atoms with E-state index in [0.717, 1.165) is 12.8 Å². The second-order valence-electron chi connectivity index (χ2n) is 4.92. The molecule has 0 amide bonds. The monoisotopic (exact) mass is 292 g/mol. The topological polar surface area (TPSA) is 53.1 Å². The van der Waals surface area contributed by atoms with Gasteiger partial charge in [-0.05, 0) is 38.3 Å². The van der Waals surface area contributed by atoms with E-state index in [9.17, 15) is 0 Å². The van der Waals surface area contributed by atoms with Crippen molar-refractivity contribution < 1.29 is 0 Å². The van der Waals surface area contributed by atoms with Crippen molar-refractivity contribution in [3.63, 3.8) is 0 Å². The molecule has 108 valence electrons. The number of nitrogens with one attached hydrogen (secondary N) is 2. The normalized spacial score (nSPS) is 16.9. The molecule has 1 aromatic heterocycles. The van der Waals surface area contributed by atoms with Gasteiger partial charge in [0.05, 0.1) is 0 Å². The molecule has 0 radical (unpaired) electrons. The second-order valence-corrected chi connectivity index (χ2v) is 5.33. The molecule has 0 aromatic carbocycles. The van der Waals surface area contributed by atoms with Crippen LogP contribution in [-0.4, -0.2) is 16.0 Å². The number of allylic oxidation sites excluding steroid dienone is 2. The summed E-state index contributed by atoms with van der Waals surface area (Å²) < 4.78 is 0. The fourth-order valence-electron chi connectivity index (χ4n) is 1.82. The van der Waals surface area contributed by atoms with Gasteiger partial charge in [0.15, 0.2) is 5.82 Å². The predicted octanol–water partition coefficient (Wildman–Crippen LogP) is 4.36. The molecule has 0 aliphatic heterocycles. The molecule has 0 unspecified atom stereocenters. The fourth-order valence-corrected chi connectivity index (χ4v) is 2.02. The zero-order chi connectivity index (χ0) is 14.4. The lowest BCUT2D eigenvalue weighted by Crippen LogP contribution is -2.17. The summed E-state index contributed by atoms with van der Waals surface area (Å²) in [6.45, 7) is 4.06. The SMILES string of the molecule is C/C=C\C(=Nc1cc(C2CC2)[nH]n1)N/C(Cl)=C/CCC. The molecule has 2 rings (SSSR count). The van der Waals surface area contributed by atoms with Crippen molar-refractivity contribution in [3.05, 3.63) is 35.1 Å². The average molecular weight is 293 g/mol. The van der Waals surface area contributed by atoms with Gasteiger partial charge in [0.2, 0.25) is 0 Å². The maximum Gasteiger partial charge on any atom is 0.175 e. The van der Waals surface area contributed by atoms with E-state index in [1.165, 1.54) is 18.5 Å². The third-order valence-electron chi connectivity index (χ3n) is 3.02. The Bertz CT molecular complexity index is 524. The Morgan fingerprint density at radius 2 is 2.40 bits per heavy atom. The largest absolute Gasteiger partial charge is 0.331 e. The second kappa shape index (κ2) is 7.29. The van der Waals surface area contributed by atoms with Crippen LogP contribution in [0.2, 0.25) is 0 Å². The van der Waals surface area contributed by atoms with Gasteiger partial charge in [-0.1, -0.05) is 31.0 Å². The minimum absolute atomic E-state index is 0.599. The molecule has 0 bridgehead atoms. The Morgan fingerprint density at radius 3 is 3.05 bits per heavy atom. The van der Waals surface area contributed by atoms with Gasteiger partial charge in [-0.25, -0.2) is 4.99 Å². The van der Waals surface area contributed by atoms with E-state index < -0.39 is 0 Å². The standard InChI is InChI=1S/C15H21ClN4/c1-3-5-7-13(16)17-14(6-4-2)18-15-10-12(19-20-15)11-8-9-11/h4,6-7,10-11H,3,5,8-9H2,1-2H3,(H2,17,18,19,20)/b6-4-,13-7+. The first-order valence-electron chi connectivity index (χ1n) is 7.12. The number of hydrogen-bond donors (Lipinski definition) is 2. The number of aromatic nitrogens is 2. The Morgan fingerprint density at radius 1 is 1.60 bits per heavy atom. The highest BCUT2D eigenvalue weighted by molar-refractivity contribution is 6.30. The zero-order valence-corrected chi connectivity index (χ0v) is 12.7. The molecule has 1 aliphatic rings. The van der Waals surface area contributed by atoms with Crippen LogP contribution in [0.4, 0.5) is 5.82 Å². The van der Waals surface area contributed by atoms with Crippen LogP contribution in [0.3, 0.4) is 0 Å². The van der Waals surface area contributed by atoms with Gasteiger partial charge < -0.3 is 5.32 Å². The van der Waals surface area contributed by atoms with E-state index in [1.807, 2.05) is 31.2 Å². The molecule has 0 atom stereocenters. The minimum atomic E-state index is 0.599. The van der Waals surface area contributed by atoms with Crippen LogP contribution in [0.25, 0.3) is 0 Å². The van der Waals surface area contributed by atoms with Crippen molar-refractivity contribution in [1.82, 2.24) is 15.5 Å². The van der Waals surface area contributed by atoms with Gasteiger partial charge >= 0.3 is 0 Å². The molecule has 2 N–H and O–H groups in total. The number of nitrogens with zero attached hydrogens (tertiary/aromatic N) is 2. The first kappa shape index (κ1) is 14.9. The van der Waals surface area contributed by atoms with Crippen molar-refractivity contribution in [2.45, 2.75) is 45.4 Å². The van der Waals surface area contributed by atoms with Crippen LogP contribution < -0.4 is 5.32 Å². The average Bonchev–Trinajstić information content (AvgIpc) is 3.17. The van der Waals surface area contributed by atoms with Crippen molar-refractivity contribution in [1.29, 1.82) is 0 Å². The minimum Gasteiger partial charge on any atom is -0.331 e. The molecule has 1 aromatic rings. The Kier molecular flexibility index (Phi) is 5.41. The highest BCUT2D eigenvalue weighted by Gasteiger charge is 2.25. The van der Waals surface area contributed by atoms with Gasteiger partial charge in [-0.15, -0.1) is 0 Å². The quantitative estimate of drug-likeness (QED) is 0.465. The maximum atomic E-state index is 6.13. The molecule has 1 fully saturated rings. The van der Waals surface area contributed by atoms with Crippen molar-refractivity contribution >= 4 is 23.3 Å². The van der Waals surface area contributed by atoms with Crippen LogP contribution in [0.15, 0.2) is 34.4 Å². The summed E-state index contributed by atoms with van der Waals surface area (Å²) in [5.74, 6) is 2.03. The third kappa shape index (κ3) is 4.53. The van der Waals surface area contributed by atoms with E-state index >= 15 is 0 Å². The smallest absolute Gasteiger partial charge is 0.175 e. The number of rotatable bonds is 6. The van der Waals surface area contributed by atoms with Crippen molar-refractivity contribution in [2.24, 2.45) is 4.99 Å². The number of amidine groups is 1. The van der Waals surface area contributed by atoms with Crippen molar-refractivity contribution in [2.75, 3.05) is 0 Å². The van der Waals surface area contributed by atoms with E-state index in [0.29, 0.717) is 22.7 Å². The summed E-state index contributed by atoms with van der Waals surface area (Å²) in [6.07, 6.45) is 10.3. The number of aromatic amines is 1. The Labute approximate surface area is 125 Å². The lowest BCUT2D eigenvalue weighted by atomic mass is 10.3. The number of aliphatic imine (C=N–C) groups is 1. The highest BCUT2D eigenvalue weighted by Crippen LogP contribution is 2.39. The summed E-state index contributed by atoms with van der Waals surface area (Å²) in [5, 5.41) is 11.0. The molecule has 0 saturated heterocycles. The maximum absolute atomic E-state index is 6.13. The van der Waals surface area contributed by atoms with Crippen LogP contribution >= 0.6 is 11.6 Å². The van der Waals surface area contributed by atoms with Crippen LogP contribution in [0.5, 0.6) is 0 Å². The summed E-state index contributed by atoms with van der Waals surface area (Å²) in [7, 11) is 0. The summed E-state index contributed by atoms with van der Waals surface area (Å²) >= 11 is 6.13. The number of unbranched alkanes of at least 4 members (excludes halogenated alkanes) is 1. The molecule has 5 heteroatoms. The number of halogens is 1. The summed E-state index contributed by atoms with van der Waals surface area (Å²) in [4.78, 5) is 4.48. The fraction of sp³-hybridized carbons (Fsp3) is 0.467. The predicted molar refractivity (Wildman–Crippen MR) is 84.5 cm³/mol. The third-order valence-corrected chi connectivity index (χ3v) is 3.27. The first-order chi connectivity index (χ1) is 9.72. The Hall–Kier alpha value is -1.55. The van der Waals surface area contributed by atoms with E-state index in [-0.39, 0.29) is 0 Å². The van der Waals surface area contributed by atoms with E-state index in [1.54, 1.807) is 0 Å². The molecule has 1 saturated carbocycles. The molecular formula is C15H21ClN4. The molecule has 1 aliphatic carbocycles. The van der Waals surface area contributed by atoms with Crippen LogP contribution in [0, 0.1) is 0 Å². The van der Waals surface area contributed by atoms with E-state index in [4.69, 9.17) is 11.6 Å². The van der Waals surface area contributed by atoms with Gasteiger partial charge in [0, 0.05) is 17.7 Å². The number of hydrogen-bond acceptors (Lipinski definition) is 2. The molecule has 0 spiro atoms. The van der Waals surface area contributed by atoms with E-state index in [2.05, 4.69) is 27.4 Å². The molecule has 4 nitrogen and oxygen atoms in total. The lowest BCUT2D eigenvalue weighted by Gasteiger charge is -2.04. The molecular weight excluding hydrogens is 272 g/mol. The highest BCUT2D eigenvalue weighted by atomic mass is 35.5. The Balaban J connectivity index is 2.07.